The van der Waals surface area contributed by atoms with Gasteiger partial charge in [-0.3, -0.25) is 0 Å². The standard InChI is InChI=1S/C18H29NO2/c1-12(2)16-8-7-13(3)9-18(16)21-11-17(20)14-5-4-6-15(19)10-14/h4-6,10,12-13,16-18,20H,7-9,11,19H2,1-3H3. The summed E-state index contributed by atoms with van der Waals surface area (Å²) in [4.78, 5) is 0. The second-order valence-electron chi connectivity index (χ2n) is 6.88. The molecule has 0 aromatic heterocycles. The quantitative estimate of drug-likeness (QED) is 0.812. The highest BCUT2D eigenvalue weighted by Crippen LogP contribution is 2.35. The van der Waals surface area contributed by atoms with E-state index < -0.39 is 6.10 Å². The van der Waals surface area contributed by atoms with Crippen molar-refractivity contribution in [3.05, 3.63) is 29.8 Å². The Labute approximate surface area is 128 Å². The van der Waals surface area contributed by atoms with E-state index in [9.17, 15) is 5.11 Å². The van der Waals surface area contributed by atoms with Crippen LogP contribution in [0.3, 0.4) is 0 Å². The molecule has 0 amide bonds. The Kier molecular flexibility index (Phi) is 5.65. The van der Waals surface area contributed by atoms with Crippen LogP contribution in [-0.2, 0) is 4.74 Å². The third kappa shape index (κ3) is 4.45. The van der Waals surface area contributed by atoms with Gasteiger partial charge in [0.15, 0.2) is 0 Å². The molecule has 1 aliphatic rings. The number of aliphatic hydroxyl groups is 1. The van der Waals surface area contributed by atoms with E-state index in [0.29, 0.717) is 24.1 Å². The first-order chi connectivity index (χ1) is 9.97. The van der Waals surface area contributed by atoms with Gasteiger partial charge in [0, 0.05) is 5.69 Å². The average molecular weight is 291 g/mol. The van der Waals surface area contributed by atoms with Crippen LogP contribution in [0.15, 0.2) is 24.3 Å². The van der Waals surface area contributed by atoms with E-state index in [2.05, 4.69) is 20.8 Å². The lowest BCUT2D eigenvalue weighted by atomic mass is 9.75. The third-order valence-electron chi connectivity index (χ3n) is 4.72. The maximum atomic E-state index is 10.3. The summed E-state index contributed by atoms with van der Waals surface area (Å²) in [5.41, 5.74) is 7.28. The second-order valence-corrected chi connectivity index (χ2v) is 6.88. The Hall–Kier alpha value is -1.06. The fraction of sp³-hybridized carbons (Fsp3) is 0.667. The van der Waals surface area contributed by atoms with Crippen molar-refractivity contribution < 1.29 is 9.84 Å². The molecule has 4 atom stereocenters. The topological polar surface area (TPSA) is 55.5 Å². The number of ether oxygens (including phenoxy) is 1. The molecule has 3 nitrogen and oxygen atoms in total. The van der Waals surface area contributed by atoms with Gasteiger partial charge in [0.2, 0.25) is 0 Å². The molecule has 1 fully saturated rings. The number of anilines is 1. The summed E-state index contributed by atoms with van der Waals surface area (Å²) in [6, 6.07) is 7.41. The van der Waals surface area contributed by atoms with Crippen LogP contribution in [0.5, 0.6) is 0 Å². The summed E-state index contributed by atoms with van der Waals surface area (Å²) in [7, 11) is 0. The number of nitrogen functional groups attached to an aromatic ring is 1. The molecule has 1 saturated carbocycles. The Morgan fingerprint density at radius 3 is 2.76 bits per heavy atom. The van der Waals surface area contributed by atoms with Crippen molar-refractivity contribution in [3.8, 4) is 0 Å². The Morgan fingerprint density at radius 1 is 1.33 bits per heavy atom. The number of hydrogen-bond donors (Lipinski definition) is 2. The number of hydrogen-bond acceptors (Lipinski definition) is 3. The van der Waals surface area contributed by atoms with Crippen LogP contribution in [0, 0.1) is 17.8 Å². The largest absolute Gasteiger partial charge is 0.399 e. The van der Waals surface area contributed by atoms with Crippen molar-refractivity contribution in [1.82, 2.24) is 0 Å². The van der Waals surface area contributed by atoms with Crippen LogP contribution < -0.4 is 5.73 Å². The SMILES string of the molecule is CC1CCC(C(C)C)C(OCC(O)c2cccc(N)c2)C1. The van der Waals surface area contributed by atoms with Gasteiger partial charge in [0.25, 0.3) is 0 Å². The number of nitrogens with two attached hydrogens (primary N) is 1. The van der Waals surface area contributed by atoms with Crippen molar-refractivity contribution in [2.75, 3.05) is 12.3 Å². The van der Waals surface area contributed by atoms with Gasteiger partial charge in [-0.25, -0.2) is 0 Å². The predicted octanol–water partition coefficient (Wildman–Crippen LogP) is 3.78. The second kappa shape index (κ2) is 7.28. The number of benzene rings is 1. The zero-order valence-electron chi connectivity index (χ0n) is 13.5. The normalized spacial score (nSPS) is 27.8. The summed E-state index contributed by atoms with van der Waals surface area (Å²) >= 11 is 0. The molecule has 0 aliphatic heterocycles. The fourth-order valence-corrected chi connectivity index (χ4v) is 3.38. The van der Waals surface area contributed by atoms with Crippen molar-refractivity contribution in [3.63, 3.8) is 0 Å². The average Bonchev–Trinajstić information content (AvgIpc) is 2.44. The number of rotatable bonds is 5. The molecule has 1 aromatic carbocycles. The van der Waals surface area contributed by atoms with Gasteiger partial charge in [-0.05, 0) is 48.3 Å². The Balaban J connectivity index is 1.93. The molecule has 0 spiro atoms. The first-order valence-corrected chi connectivity index (χ1v) is 8.12. The van der Waals surface area contributed by atoms with Gasteiger partial charge in [-0.2, -0.15) is 0 Å². The summed E-state index contributed by atoms with van der Waals surface area (Å²) in [6.45, 7) is 7.18. The summed E-state index contributed by atoms with van der Waals surface area (Å²) < 4.78 is 6.09. The van der Waals surface area contributed by atoms with E-state index >= 15 is 0 Å². The summed E-state index contributed by atoms with van der Waals surface area (Å²) in [5, 5.41) is 10.3. The molecular formula is C18H29NO2. The molecule has 21 heavy (non-hydrogen) atoms. The molecule has 0 radical (unpaired) electrons. The van der Waals surface area contributed by atoms with E-state index in [4.69, 9.17) is 10.5 Å². The van der Waals surface area contributed by atoms with Crippen molar-refractivity contribution in [2.24, 2.45) is 17.8 Å². The van der Waals surface area contributed by atoms with E-state index in [1.54, 1.807) is 0 Å². The molecule has 3 N–H and O–H groups in total. The number of aliphatic hydroxyl groups excluding tert-OH is 1. The predicted molar refractivity (Wildman–Crippen MR) is 86.9 cm³/mol. The molecule has 118 valence electrons. The van der Waals surface area contributed by atoms with E-state index in [1.807, 2.05) is 24.3 Å². The molecule has 0 bridgehead atoms. The molecule has 0 saturated heterocycles. The minimum Gasteiger partial charge on any atom is -0.399 e. The highest BCUT2D eigenvalue weighted by molar-refractivity contribution is 5.41. The van der Waals surface area contributed by atoms with Crippen LogP contribution in [0.1, 0.15) is 51.7 Å². The van der Waals surface area contributed by atoms with Crippen LogP contribution in [0.2, 0.25) is 0 Å². The molecule has 1 aliphatic carbocycles. The van der Waals surface area contributed by atoms with Gasteiger partial charge >= 0.3 is 0 Å². The third-order valence-corrected chi connectivity index (χ3v) is 4.72. The van der Waals surface area contributed by atoms with Crippen molar-refractivity contribution >= 4 is 5.69 Å². The fourth-order valence-electron chi connectivity index (χ4n) is 3.38. The molecule has 4 unspecified atom stereocenters. The van der Waals surface area contributed by atoms with Gasteiger partial charge in [0.05, 0.1) is 12.7 Å². The van der Waals surface area contributed by atoms with Gasteiger partial charge < -0.3 is 15.6 Å². The molecule has 1 aromatic rings. The van der Waals surface area contributed by atoms with Crippen LogP contribution in [0.25, 0.3) is 0 Å². The lowest BCUT2D eigenvalue weighted by molar-refractivity contribution is -0.0697. The molecule has 0 heterocycles. The van der Waals surface area contributed by atoms with E-state index in [-0.39, 0.29) is 6.10 Å². The first kappa shape index (κ1) is 16.3. The van der Waals surface area contributed by atoms with Gasteiger partial charge in [-0.1, -0.05) is 39.3 Å². The van der Waals surface area contributed by atoms with Crippen LogP contribution in [0.4, 0.5) is 5.69 Å². The first-order valence-electron chi connectivity index (χ1n) is 8.12. The Bertz CT molecular complexity index is 447. The maximum absolute atomic E-state index is 10.3. The Morgan fingerprint density at radius 2 is 2.10 bits per heavy atom. The van der Waals surface area contributed by atoms with Crippen molar-refractivity contribution in [1.29, 1.82) is 0 Å². The van der Waals surface area contributed by atoms with E-state index in [1.165, 1.54) is 12.8 Å². The maximum Gasteiger partial charge on any atom is 0.102 e. The highest BCUT2D eigenvalue weighted by atomic mass is 16.5. The lowest BCUT2D eigenvalue weighted by Crippen LogP contribution is -2.35. The molecule has 3 heteroatoms. The minimum atomic E-state index is -0.599. The molecular weight excluding hydrogens is 262 g/mol. The van der Waals surface area contributed by atoms with Gasteiger partial charge in [-0.15, -0.1) is 0 Å². The van der Waals surface area contributed by atoms with Crippen LogP contribution >= 0.6 is 0 Å². The molecule has 2 rings (SSSR count). The zero-order chi connectivity index (χ0) is 15.4. The minimum absolute atomic E-state index is 0.268. The highest BCUT2D eigenvalue weighted by Gasteiger charge is 2.31. The zero-order valence-corrected chi connectivity index (χ0v) is 13.5. The van der Waals surface area contributed by atoms with Crippen LogP contribution in [-0.4, -0.2) is 17.8 Å². The van der Waals surface area contributed by atoms with E-state index in [0.717, 1.165) is 17.9 Å². The monoisotopic (exact) mass is 291 g/mol. The van der Waals surface area contributed by atoms with Gasteiger partial charge in [0.1, 0.15) is 6.10 Å². The summed E-state index contributed by atoms with van der Waals surface area (Å²) in [5.74, 6) is 1.95. The summed E-state index contributed by atoms with van der Waals surface area (Å²) in [6.07, 6.45) is 3.30. The smallest absolute Gasteiger partial charge is 0.102 e. The van der Waals surface area contributed by atoms with Crippen molar-refractivity contribution in [2.45, 2.75) is 52.2 Å². The lowest BCUT2D eigenvalue weighted by Gasteiger charge is -2.37.